The summed E-state index contributed by atoms with van der Waals surface area (Å²) in [5.41, 5.74) is 3.18. The Balaban J connectivity index is 0.936. The Morgan fingerprint density at radius 3 is 1.97 bits per heavy atom. The van der Waals surface area contributed by atoms with E-state index in [1.165, 1.54) is 26.2 Å². The number of anilines is 1. The van der Waals surface area contributed by atoms with E-state index in [0.29, 0.717) is 78.9 Å². The van der Waals surface area contributed by atoms with Crippen LogP contribution < -0.4 is 25.0 Å². The molecule has 1 atom stereocenters. The van der Waals surface area contributed by atoms with Gasteiger partial charge in [0.2, 0.25) is 17.7 Å². The number of nitro benzene ring substituents is 1. The van der Waals surface area contributed by atoms with Crippen LogP contribution in [0.1, 0.15) is 61.0 Å². The van der Waals surface area contributed by atoms with Crippen LogP contribution >= 0.6 is 0 Å². The van der Waals surface area contributed by atoms with Crippen LogP contribution in [-0.4, -0.2) is 107 Å². The molecule has 0 radical (unpaired) electrons. The smallest absolute Gasteiger partial charge is 0.279 e. The van der Waals surface area contributed by atoms with Crippen LogP contribution in [0.3, 0.4) is 0 Å². The first-order valence-corrected chi connectivity index (χ1v) is 19.2. The van der Waals surface area contributed by atoms with Crippen LogP contribution in [0.25, 0.3) is 0 Å². The Hall–Kier alpha value is -5.57. The molecule has 1 unspecified atom stereocenters. The molecular formula is C42H52N4O12. The Kier molecular flexibility index (Phi) is 19.4. The van der Waals surface area contributed by atoms with Crippen LogP contribution in [0, 0.1) is 22.0 Å². The normalized spacial score (nSPS) is 12.2. The van der Waals surface area contributed by atoms with Gasteiger partial charge in [0.05, 0.1) is 101 Å². The van der Waals surface area contributed by atoms with Gasteiger partial charge in [-0.2, -0.15) is 0 Å². The highest BCUT2D eigenvalue weighted by Crippen LogP contribution is 2.37. The molecule has 0 saturated heterocycles. The molecular weight excluding hydrogens is 752 g/mol. The van der Waals surface area contributed by atoms with Gasteiger partial charge in [-0.3, -0.25) is 24.5 Å². The quantitative estimate of drug-likeness (QED) is 0.0460. The van der Waals surface area contributed by atoms with Gasteiger partial charge in [-0.25, -0.2) is 0 Å². The number of methoxy groups -OCH3 is 1. The van der Waals surface area contributed by atoms with Crippen LogP contribution in [0.4, 0.5) is 11.4 Å². The molecule has 0 spiro atoms. The highest BCUT2D eigenvalue weighted by Gasteiger charge is 2.23. The molecule has 58 heavy (non-hydrogen) atoms. The van der Waals surface area contributed by atoms with E-state index < -0.39 is 11.0 Å². The van der Waals surface area contributed by atoms with Crippen molar-refractivity contribution < 1.29 is 52.8 Å². The second-order valence-corrected chi connectivity index (χ2v) is 13.0. The summed E-state index contributed by atoms with van der Waals surface area (Å²) in [4.78, 5) is 50.4. The van der Waals surface area contributed by atoms with Gasteiger partial charge in [0.15, 0.2) is 11.5 Å². The molecule has 3 amide bonds. The lowest BCUT2D eigenvalue weighted by Crippen LogP contribution is -2.34. The van der Waals surface area contributed by atoms with Gasteiger partial charge in [-0.1, -0.05) is 42.2 Å². The molecule has 0 bridgehead atoms. The van der Waals surface area contributed by atoms with Crippen molar-refractivity contribution in [1.29, 1.82) is 0 Å². The molecule has 1 heterocycles. The molecule has 0 aliphatic carbocycles. The SMILES string of the molecule is COc1cc(C(C)O)c([N+](=O)[O-])cc1OCCCC(=O)NCCOCCOCCOCCOCCNC(=O)CCC(=O)N1Cc2ccccc2C#Cc2ccccc21. The number of ether oxygens (including phenoxy) is 6. The summed E-state index contributed by atoms with van der Waals surface area (Å²) in [6.45, 7) is 5.41. The molecule has 0 aromatic heterocycles. The Bertz CT molecular complexity index is 1880. The first-order valence-electron chi connectivity index (χ1n) is 19.2. The summed E-state index contributed by atoms with van der Waals surface area (Å²) in [5, 5.41) is 26.8. The van der Waals surface area contributed by atoms with Crippen molar-refractivity contribution in [2.75, 3.05) is 84.6 Å². The number of benzene rings is 3. The van der Waals surface area contributed by atoms with E-state index in [9.17, 15) is 29.6 Å². The maximum absolute atomic E-state index is 13.3. The number of hydrogen-bond acceptors (Lipinski definition) is 12. The monoisotopic (exact) mass is 804 g/mol. The fourth-order valence-electron chi connectivity index (χ4n) is 5.77. The van der Waals surface area contributed by atoms with Crippen molar-refractivity contribution in [3.8, 4) is 23.3 Å². The number of nitrogens with zero attached hydrogens (tertiary/aromatic N) is 2. The zero-order valence-corrected chi connectivity index (χ0v) is 33.0. The van der Waals surface area contributed by atoms with Gasteiger partial charge in [-0.15, -0.1) is 0 Å². The number of aliphatic hydroxyl groups is 1. The molecule has 16 nitrogen and oxygen atoms in total. The second kappa shape index (κ2) is 24.9. The fraction of sp³-hybridized carbons (Fsp3) is 0.452. The number of carbonyl (C=O) groups excluding carboxylic acids is 3. The molecule has 0 saturated carbocycles. The third-order valence-electron chi connectivity index (χ3n) is 8.76. The predicted octanol–water partition coefficient (Wildman–Crippen LogP) is 3.84. The lowest BCUT2D eigenvalue weighted by atomic mass is 10.0. The Morgan fingerprint density at radius 2 is 1.34 bits per heavy atom. The summed E-state index contributed by atoms with van der Waals surface area (Å²) in [7, 11) is 1.39. The van der Waals surface area contributed by atoms with Gasteiger partial charge in [-0.05, 0) is 43.2 Å². The van der Waals surface area contributed by atoms with E-state index in [2.05, 4.69) is 22.5 Å². The molecule has 16 heteroatoms. The minimum absolute atomic E-state index is 0.0624. The Labute approximate surface area is 338 Å². The summed E-state index contributed by atoms with van der Waals surface area (Å²) >= 11 is 0. The molecule has 3 aromatic carbocycles. The predicted molar refractivity (Wildman–Crippen MR) is 214 cm³/mol. The zero-order chi connectivity index (χ0) is 41.5. The van der Waals surface area contributed by atoms with Crippen LogP contribution in [-0.2, 0) is 39.9 Å². The van der Waals surface area contributed by atoms with Crippen LogP contribution in [0.2, 0.25) is 0 Å². The van der Waals surface area contributed by atoms with Gasteiger partial charge in [0, 0.05) is 43.5 Å². The van der Waals surface area contributed by atoms with Crippen molar-refractivity contribution >= 4 is 29.1 Å². The summed E-state index contributed by atoms with van der Waals surface area (Å²) < 4.78 is 32.8. The largest absolute Gasteiger partial charge is 0.493 e. The number of nitro groups is 1. The van der Waals surface area contributed by atoms with E-state index in [0.717, 1.165) is 22.4 Å². The topological polar surface area (TPSA) is 197 Å². The molecule has 3 N–H and O–H groups in total. The van der Waals surface area contributed by atoms with E-state index in [1.54, 1.807) is 4.90 Å². The number of para-hydroxylation sites is 1. The van der Waals surface area contributed by atoms with Crippen molar-refractivity contribution in [3.05, 3.63) is 93.0 Å². The third-order valence-corrected chi connectivity index (χ3v) is 8.76. The average molecular weight is 805 g/mol. The maximum Gasteiger partial charge on any atom is 0.279 e. The first kappa shape index (κ1) is 45.1. The van der Waals surface area contributed by atoms with Gasteiger partial charge in [0.25, 0.3) is 5.69 Å². The lowest BCUT2D eigenvalue weighted by molar-refractivity contribution is -0.386. The standard InChI is InChI=1S/C42H52N4O12/c1-31(47)35-28-38(53-2)39(29-37(35)46(51)52)58-19-7-12-40(48)43-17-20-54-22-24-56-26-27-57-25-23-55-21-18-44-41(49)15-16-42(50)45-30-34-10-4-3-8-32(34)13-14-33-9-5-6-11-36(33)45/h3-6,8-11,28-29,31,47H,7,12,15-27,30H2,1-2H3,(H,43,48)(H,44,49). The number of amides is 3. The first-order chi connectivity index (χ1) is 28.2. The minimum atomic E-state index is -1.06. The highest BCUT2D eigenvalue weighted by atomic mass is 16.6. The fourth-order valence-corrected chi connectivity index (χ4v) is 5.77. The van der Waals surface area contributed by atoms with Crippen molar-refractivity contribution in [2.24, 2.45) is 0 Å². The van der Waals surface area contributed by atoms with Gasteiger partial charge >= 0.3 is 0 Å². The molecule has 1 aliphatic rings. The Morgan fingerprint density at radius 1 is 0.776 bits per heavy atom. The molecule has 0 fully saturated rings. The summed E-state index contributed by atoms with van der Waals surface area (Å²) in [6, 6.07) is 17.9. The van der Waals surface area contributed by atoms with Crippen LogP contribution in [0.5, 0.6) is 11.5 Å². The third kappa shape index (κ3) is 15.1. The maximum atomic E-state index is 13.3. The number of aliphatic hydroxyl groups excluding tert-OH is 1. The van der Waals surface area contributed by atoms with E-state index in [-0.39, 0.29) is 66.3 Å². The van der Waals surface area contributed by atoms with E-state index in [1.807, 2.05) is 48.5 Å². The van der Waals surface area contributed by atoms with Crippen molar-refractivity contribution in [3.63, 3.8) is 0 Å². The molecule has 1 aliphatic heterocycles. The van der Waals surface area contributed by atoms with Gasteiger partial charge in [0.1, 0.15) is 0 Å². The summed E-state index contributed by atoms with van der Waals surface area (Å²) in [5.74, 6) is 6.22. The zero-order valence-electron chi connectivity index (χ0n) is 33.0. The lowest BCUT2D eigenvalue weighted by Gasteiger charge is -2.26. The molecule has 4 rings (SSSR count). The number of fused-ring (bicyclic) bond motifs is 2. The number of hydrogen-bond donors (Lipinski definition) is 3. The van der Waals surface area contributed by atoms with Crippen molar-refractivity contribution in [2.45, 2.75) is 45.3 Å². The van der Waals surface area contributed by atoms with Crippen molar-refractivity contribution in [1.82, 2.24) is 10.6 Å². The van der Waals surface area contributed by atoms with Crippen LogP contribution in [0.15, 0.2) is 60.7 Å². The number of carbonyl (C=O) groups is 3. The van der Waals surface area contributed by atoms with E-state index >= 15 is 0 Å². The highest BCUT2D eigenvalue weighted by molar-refractivity contribution is 5.96. The average Bonchev–Trinajstić information content (AvgIpc) is 3.21. The minimum Gasteiger partial charge on any atom is -0.493 e. The number of nitrogens with one attached hydrogen (secondary N) is 2. The number of rotatable bonds is 26. The van der Waals surface area contributed by atoms with E-state index in [4.69, 9.17) is 28.4 Å². The second-order valence-electron chi connectivity index (χ2n) is 13.0. The van der Waals surface area contributed by atoms with Gasteiger partial charge < -0.3 is 49.1 Å². The molecule has 312 valence electrons. The molecule has 3 aromatic rings. The summed E-state index contributed by atoms with van der Waals surface area (Å²) in [6.07, 6.45) is -0.370.